The number of likely N-dealkylation sites (tertiary alicyclic amines) is 2. The van der Waals surface area contributed by atoms with Crippen LogP contribution in [0.4, 0.5) is 0 Å². The maximum absolute atomic E-state index is 14.0. The predicted octanol–water partition coefficient (Wildman–Crippen LogP) is 3.58. The molecule has 2 aliphatic rings. The van der Waals surface area contributed by atoms with Crippen molar-refractivity contribution in [2.24, 2.45) is 13.0 Å². The quantitative estimate of drug-likeness (QED) is 0.305. The zero-order chi connectivity index (χ0) is 31.0. The molecular formula is C35H39N7O3. The molecule has 0 bridgehead atoms. The Kier molecular flexibility index (Phi) is 7.85. The normalized spacial score (nSPS) is 20.4. The summed E-state index contributed by atoms with van der Waals surface area (Å²) in [5.41, 5.74) is 2.59. The summed E-state index contributed by atoms with van der Waals surface area (Å²) in [6, 6.07) is 24.0. The SMILES string of the molecule is Cn1nccc1CN1CC[C@@H](C(=O)N2CCC(O)(Cn3cnc4c(ccn4-c4ccccc4)c3=O)CC2)[C@H](c2ccccc2)C1. The smallest absolute Gasteiger partial charge is 0.262 e. The van der Waals surface area contributed by atoms with Gasteiger partial charge in [0.05, 0.1) is 23.2 Å². The molecule has 2 aromatic carbocycles. The lowest BCUT2D eigenvalue weighted by atomic mass is 9.79. The van der Waals surface area contributed by atoms with Crippen LogP contribution >= 0.6 is 0 Å². The Hall–Kier alpha value is -4.54. The van der Waals surface area contributed by atoms with Gasteiger partial charge in [-0.1, -0.05) is 48.5 Å². The lowest BCUT2D eigenvalue weighted by Gasteiger charge is -2.43. The van der Waals surface area contributed by atoms with E-state index in [-0.39, 0.29) is 29.8 Å². The Morgan fingerprint density at radius 3 is 2.42 bits per heavy atom. The molecular weight excluding hydrogens is 566 g/mol. The lowest BCUT2D eigenvalue weighted by Crippen LogP contribution is -2.53. The summed E-state index contributed by atoms with van der Waals surface area (Å²) in [6.45, 7) is 3.50. The van der Waals surface area contributed by atoms with Gasteiger partial charge in [0.25, 0.3) is 5.56 Å². The van der Waals surface area contributed by atoms with Crippen molar-refractivity contribution in [2.45, 2.75) is 43.9 Å². The van der Waals surface area contributed by atoms with Crippen molar-refractivity contribution in [2.75, 3.05) is 26.2 Å². The minimum atomic E-state index is -1.09. The van der Waals surface area contributed by atoms with E-state index < -0.39 is 5.60 Å². The lowest BCUT2D eigenvalue weighted by molar-refractivity contribution is -0.142. The number of aliphatic hydroxyl groups is 1. The van der Waals surface area contributed by atoms with Gasteiger partial charge < -0.3 is 14.6 Å². The maximum atomic E-state index is 14.0. The molecule has 2 atom stereocenters. The molecule has 3 aromatic heterocycles. The van der Waals surface area contributed by atoms with E-state index >= 15 is 0 Å². The molecule has 5 heterocycles. The molecule has 5 aromatic rings. The van der Waals surface area contributed by atoms with E-state index in [2.05, 4.69) is 27.1 Å². The number of aryl methyl sites for hydroxylation is 1. The van der Waals surface area contributed by atoms with Crippen molar-refractivity contribution in [3.05, 3.63) is 113 Å². The third kappa shape index (κ3) is 5.83. The van der Waals surface area contributed by atoms with Crippen molar-refractivity contribution >= 4 is 16.9 Å². The van der Waals surface area contributed by atoms with Gasteiger partial charge in [-0.25, -0.2) is 4.98 Å². The highest BCUT2D eigenvalue weighted by Gasteiger charge is 2.41. The second kappa shape index (κ2) is 12.1. The molecule has 10 nitrogen and oxygen atoms in total. The number of fused-ring (bicyclic) bond motifs is 1. The van der Waals surface area contributed by atoms with Crippen LogP contribution in [0, 0.1) is 5.92 Å². The van der Waals surface area contributed by atoms with Gasteiger partial charge in [-0.15, -0.1) is 0 Å². The average Bonchev–Trinajstić information content (AvgIpc) is 3.69. The summed E-state index contributed by atoms with van der Waals surface area (Å²) in [7, 11) is 1.96. The minimum Gasteiger partial charge on any atom is -0.388 e. The Balaban J connectivity index is 1.03. The van der Waals surface area contributed by atoms with Crippen molar-refractivity contribution in [3.63, 3.8) is 0 Å². The first-order valence-electron chi connectivity index (χ1n) is 15.8. The van der Waals surface area contributed by atoms with Crippen LogP contribution in [-0.4, -0.2) is 76.5 Å². The Labute approximate surface area is 262 Å². The fraction of sp³-hybridized carbons (Fsp3) is 0.371. The Morgan fingerprint density at radius 1 is 0.978 bits per heavy atom. The van der Waals surface area contributed by atoms with Crippen molar-refractivity contribution in [3.8, 4) is 5.69 Å². The molecule has 0 radical (unpaired) electrons. The van der Waals surface area contributed by atoms with E-state index in [0.29, 0.717) is 37.0 Å². The molecule has 45 heavy (non-hydrogen) atoms. The van der Waals surface area contributed by atoms with Crippen LogP contribution in [0.5, 0.6) is 0 Å². The zero-order valence-corrected chi connectivity index (χ0v) is 25.6. The number of nitrogens with zero attached hydrogens (tertiary/aromatic N) is 7. The molecule has 7 rings (SSSR count). The third-order valence-corrected chi connectivity index (χ3v) is 9.72. The molecule has 2 aliphatic heterocycles. The monoisotopic (exact) mass is 605 g/mol. The van der Waals surface area contributed by atoms with Gasteiger partial charge in [0.1, 0.15) is 6.33 Å². The van der Waals surface area contributed by atoms with Crippen LogP contribution in [0.25, 0.3) is 16.7 Å². The van der Waals surface area contributed by atoms with Gasteiger partial charge in [0.15, 0.2) is 5.65 Å². The number of carbonyl (C=O) groups is 1. The van der Waals surface area contributed by atoms with E-state index in [9.17, 15) is 14.7 Å². The Bertz CT molecular complexity index is 1840. The summed E-state index contributed by atoms with van der Waals surface area (Å²) < 4.78 is 5.32. The van der Waals surface area contributed by atoms with Crippen LogP contribution in [-0.2, 0) is 24.9 Å². The predicted molar refractivity (Wildman–Crippen MR) is 172 cm³/mol. The van der Waals surface area contributed by atoms with Crippen molar-refractivity contribution in [1.82, 2.24) is 33.7 Å². The van der Waals surface area contributed by atoms with Gasteiger partial charge in [-0.05, 0) is 55.6 Å². The Morgan fingerprint density at radius 2 is 1.71 bits per heavy atom. The average molecular weight is 606 g/mol. The second-order valence-electron chi connectivity index (χ2n) is 12.6. The summed E-state index contributed by atoms with van der Waals surface area (Å²) in [5, 5.41) is 16.4. The molecule has 2 saturated heterocycles. The van der Waals surface area contributed by atoms with E-state index in [1.165, 1.54) is 16.5 Å². The van der Waals surface area contributed by atoms with Crippen LogP contribution in [0.2, 0.25) is 0 Å². The van der Waals surface area contributed by atoms with Crippen LogP contribution in [0.1, 0.15) is 36.4 Å². The van der Waals surface area contributed by atoms with E-state index in [1.807, 2.05) is 88.2 Å². The van der Waals surface area contributed by atoms with Crippen LogP contribution < -0.4 is 5.56 Å². The molecule has 0 saturated carbocycles. The summed E-state index contributed by atoms with van der Waals surface area (Å²) in [5.74, 6) is 0.124. The van der Waals surface area contributed by atoms with E-state index in [1.54, 1.807) is 6.07 Å². The van der Waals surface area contributed by atoms with Gasteiger partial charge in [0.2, 0.25) is 5.91 Å². The van der Waals surface area contributed by atoms with E-state index in [4.69, 9.17) is 0 Å². The van der Waals surface area contributed by atoms with Crippen molar-refractivity contribution < 1.29 is 9.90 Å². The molecule has 1 N–H and O–H groups in total. The number of hydrogen-bond acceptors (Lipinski definition) is 6. The largest absolute Gasteiger partial charge is 0.388 e. The molecule has 0 unspecified atom stereocenters. The maximum Gasteiger partial charge on any atom is 0.262 e. The highest BCUT2D eigenvalue weighted by Crippen LogP contribution is 2.36. The van der Waals surface area contributed by atoms with Gasteiger partial charge in [-0.2, -0.15) is 5.10 Å². The number of amides is 1. The van der Waals surface area contributed by atoms with Gasteiger partial charge in [0, 0.05) is 63.1 Å². The fourth-order valence-corrected chi connectivity index (χ4v) is 7.10. The second-order valence-corrected chi connectivity index (χ2v) is 12.6. The molecule has 0 spiro atoms. The number of benzene rings is 2. The highest BCUT2D eigenvalue weighted by atomic mass is 16.3. The first kappa shape index (κ1) is 29.2. The number of aromatic nitrogens is 5. The van der Waals surface area contributed by atoms with Crippen LogP contribution in [0.15, 0.2) is 96.3 Å². The molecule has 2 fully saturated rings. The summed E-state index contributed by atoms with van der Waals surface area (Å²) in [4.78, 5) is 36.4. The summed E-state index contributed by atoms with van der Waals surface area (Å²) in [6.07, 6.45) is 6.80. The highest BCUT2D eigenvalue weighted by molar-refractivity contribution is 5.80. The summed E-state index contributed by atoms with van der Waals surface area (Å²) >= 11 is 0. The molecule has 1 amide bonds. The van der Waals surface area contributed by atoms with Crippen molar-refractivity contribution in [1.29, 1.82) is 0 Å². The number of carbonyl (C=O) groups excluding carboxylic acids is 1. The number of para-hydroxylation sites is 1. The molecule has 0 aliphatic carbocycles. The zero-order valence-electron chi connectivity index (χ0n) is 25.6. The fourth-order valence-electron chi connectivity index (χ4n) is 7.10. The van der Waals surface area contributed by atoms with E-state index in [0.717, 1.165) is 37.4 Å². The molecule has 232 valence electrons. The minimum absolute atomic E-state index is 0.0843. The number of piperidine rings is 2. The first-order chi connectivity index (χ1) is 21.9. The van der Waals surface area contributed by atoms with Gasteiger partial charge in [-0.3, -0.25) is 23.7 Å². The third-order valence-electron chi connectivity index (χ3n) is 9.72. The first-order valence-corrected chi connectivity index (χ1v) is 15.8. The molecule has 10 heteroatoms. The standard InChI is InChI=1S/C35H39N7O3/c1-38-28(12-17-37-38)22-39-18-13-29(31(23-39)26-8-4-2-5-9-26)33(43)40-20-15-35(45,16-21-40)24-41-25-36-32-30(34(41)44)14-19-42(32)27-10-6-3-7-11-27/h2-12,14,17,19,25,29,31,45H,13,15-16,18,20-24H2,1H3/t29-,31+/m1/s1. The number of hydrogen-bond donors (Lipinski definition) is 1. The van der Waals surface area contributed by atoms with Gasteiger partial charge >= 0.3 is 0 Å². The number of rotatable bonds is 7. The topological polar surface area (TPSA) is 101 Å². The van der Waals surface area contributed by atoms with Crippen LogP contribution in [0.3, 0.4) is 0 Å².